The molecule has 2 fully saturated rings. The van der Waals surface area contributed by atoms with Crippen LogP contribution in [0.25, 0.3) is 0 Å². The number of amides is 2. The zero-order valence-electron chi connectivity index (χ0n) is 17.8. The van der Waals surface area contributed by atoms with Gasteiger partial charge in [0.15, 0.2) is 0 Å². The van der Waals surface area contributed by atoms with Crippen LogP contribution >= 0.6 is 0 Å². The molecule has 0 spiro atoms. The van der Waals surface area contributed by atoms with Crippen LogP contribution in [0.1, 0.15) is 44.6 Å². The van der Waals surface area contributed by atoms with Crippen LogP contribution in [-0.4, -0.2) is 67.0 Å². The quantitative estimate of drug-likeness (QED) is 0.619. The summed E-state index contributed by atoms with van der Waals surface area (Å²) in [6.45, 7) is 4.89. The van der Waals surface area contributed by atoms with Crippen LogP contribution in [0.4, 0.5) is 0 Å². The molecule has 1 saturated heterocycles. The number of hydrogen-bond acceptors (Lipinski definition) is 4. The minimum absolute atomic E-state index is 0.0552. The van der Waals surface area contributed by atoms with Crippen molar-refractivity contribution in [1.29, 1.82) is 0 Å². The number of carbonyl (C=O) groups excluding carboxylic acids is 2. The van der Waals surface area contributed by atoms with Gasteiger partial charge in [-0.25, -0.2) is 0 Å². The summed E-state index contributed by atoms with van der Waals surface area (Å²) in [5.74, 6) is 0.899. The lowest BCUT2D eigenvalue weighted by atomic mass is 10.1. The maximum Gasteiger partial charge on any atom is 0.246 e. The molecule has 3 rings (SSSR count). The molecular formula is C23H35N3O3. The van der Waals surface area contributed by atoms with Crippen LogP contribution in [0.5, 0.6) is 0 Å². The third-order valence-corrected chi connectivity index (χ3v) is 6.01. The minimum atomic E-state index is -0.0552. The number of nitrogens with one attached hydrogen (secondary N) is 1. The average molecular weight is 402 g/mol. The van der Waals surface area contributed by atoms with Crippen molar-refractivity contribution in [1.82, 2.24) is 15.1 Å². The van der Waals surface area contributed by atoms with Crippen molar-refractivity contribution in [3.05, 3.63) is 35.9 Å². The monoisotopic (exact) mass is 401 g/mol. The second-order valence-corrected chi connectivity index (χ2v) is 8.41. The molecule has 1 heterocycles. The van der Waals surface area contributed by atoms with Crippen molar-refractivity contribution in [3.8, 4) is 0 Å². The maximum absolute atomic E-state index is 12.9. The van der Waals surface area contributed by atoms with E-state index in [1.54, 1.807) is 0 Å². The van der Waals surface area contributed by atoms with Gasteiger partial charge in [-0.1, -0.05) is 30.3 Å². The Kier molecular flexibility index (Phi) is 8.07. The largest absolute Gasteiger partial charge is 0.372 e. The SMILES string of the molecule is CCOCC(=O)NC[C@@H]1CC[C@H](CC(=O)N(C)Cc2ccccc2)N1CC1CC1. The van der Waals surface area contributed by atoms with Crippen molar-refractivity contribution in [2.24, 2.45) is 5.92 Å². The zero-order chi connectivity index (χ0) is 20.6. The molecule has 2 amide bonds. The number of likely N-dealkylation sites (tertiary alicyclic amines) is 1. The van der Waals surface area contributed by atoms with Gasteiger partial charge in [-0.15, -0.1) is 0 Å². The summed E-state index contributed by atoms with van der Waals surface area (Å²) in [6.07, 6.45) is 5.17. The van der Waals surface area contributed by atoms with E-state index in [2.05, 4.69) is 22.3 Å². The molecule has 1 aromatic rings. The smallest absolute Gasteiger partial charge is 0.246 e. The third kappa shape index (κ3) is 6.82. The lowest BCUT2D eigenvalue weighted by molar-refractivity contribution is -0.132. The highest BCUT2D eigenvalue weighted by Gasteiger charge is 2.38. The van der Waals surface area contributed by atoms with Crippen molar-refractivity contribution < 1.29 is 14.3 Å². The molecule has 6 heteroatoms. The molecule has 0 radical (unpaired) electrons. The Morgan fingerprint density at radius 1 is 1.14 bits per heavy atom. The second-order valence-electron chi connectivity index (χ2n) is 8.41. The molecule has 1 aliphatic heterocycles. The maximum atomic E-state index is 12.9. The van der Waals surface area contributed by atoms with Crippen LogP contribution in [0, 0.1) is 5.92 Å². The van der Waals surface area contributed by atoms with Crippen molar-refractivity contribution in [2.45, 2.75) is 57.7 Å². The summed E-state index contributed by atoms with van der Waals surface area (Å²) in [6, 6.07) is 10.7. The van der Waals surface area contributed by atoms with Gasteiger partial charge < -0.3 is 15.0 Å². The minimum Gasteiger partial charge on any atom is -0.372 e. The Balaban J connectivity index is 1.52. The van der Waals surface area contributed by atoms with E-state index >= 15 is 0 Å². The number of rotatable bonds is 11. The first-order valence-electron chi connectivity index (χ1n) is 10.9. The van der Waals surface area contributed by atoms with Crippen molar-refractivity contribution >= 4 is 11.8 Å². The van der Waals surface area contributed by atoms with Crippen LogP contribution in [-0.2, 0) is 20.9 Å². The molecule has 1 N–H and O–H groups in total. The van der Waals surface area contributed by atoms with E-state index in [1.165, 1.54) is 12.8 Å². The van der Waals surface area contributed by atoms with Crippen molar-refractivity contribution in [2.75, 3.05) is 33.4 Å². The summed E-state index contributed by atoms with van der Waals surface area (Å²) >= 11 is 0. The Bertz CT molecular complexity index is 663. The van der Waals surface area contributed by atoms with E-state index in [0.717, 1.165) is 30.9 Å². The molecule has 0 bridgehead atoms. The molecule has 0 aromatic heterocycles. The summed E-state index contributed by atoms with van der Waals surface area (Å²) in [5.41, 5.74) is 1.15. The first-order chi connectivity index (χ1) is 14.1. The zero-order valence-corrected chi connectivity index (χ0v) is 17.8. The molecule has 2 aliphatic rings. The lowest BCUT2D eigenvalue weighted by Gasteiger charge is -2.31. The Labute approximate surface area is 174 Å². The van der Waals surface area contributed by atoms with Gasteiger partial charge in [-0.2, -0.15) is 0 Å². The highest BCUT2D eigenvalue weighted by molar-refractivity contribution is 5.77. The lowest BCUT2D eigenvalue weighted by Crippen LogP contribution is -2.46. The first-order valence-corrected chi connectivity index (χ1v) is 10.9. The first kappa shape index (κ1) is 21.8. The van der Waals surface area contributed by atoms with Crippen LogP contribution in [0.2, 0.25) is 0 Å². The fraction of sp³-hybridized carbons (Fsp3) is 0.652. The topological polar surface area (TPSA) is 61.9 Å². The fourth-order valence-corrected chi connectivity index (χ4v) is 4.13. The summed E-state index contributed by atoms with van der Waals surface area (Å²) in [7, 11) is 1.89. The van der Waals surface area contributed by atoms with Crippen LogP contribution < -0.4 is 5.32 Å². The van der Waals surface area contributed by atoms with Gasteiger partial charge in [0, 0.05) is 51.8 Å². The molecule has 1 saturated carbocycles. The van der Waals surface area contributed by atoms with Crippen LogP contribution in [0.15, 0.2) is 30.3 Å². The fourth-order valence-electron chi connectivity index (χ4n) is 4.13. The second kappa shape index (κ2) is 10.7. The Morgan fingerprint density at radius 3 is 2.55 bits per heavy atom. The molecule has 0 unspecified atom stereocenters. The normalized spacial score (nSPS) is 21.9. The highest BCUT2D eigenvalue weighted by atomic mass is 16.5. The van der Waals surface area contributed by atoms with Gasteiger partial charge in [-0.3, -0.25) is 14.5 Å². The van der Waals surface area contributed by atoms with Gasteiger partial charge in [0.05, 0.1) is 0 Å². The van der Waals surface area contributed by atoms with Gasteiger partial charge in [0.25, 0.3) is 0 Å². The number of carbonyl (C=O) groups is 2. The predicted molar refractivity (Wildman–Crippen MR) is 113 cm³/mol. The molecule has 160 valence electrons. The molecule has 1 aliphatic carbocycles. The molecule has 1 aromatic carbocycles. The third-order valence-electron chi connectivity index (χ3n) is 6.01. The van der Waals surface area contributed by atoms with Gasteiger partial charge >= 0.3 is 0 Å². The number of nitrogens with zero attached hydrogens (tertiary/aromatic N) is 2. The molecular weight excluding hydrogens is 366 g/mol. The van der Waals surface area contributed by atoms with Gasteiger partial charge in [0.2, 0.25) is 11.8 Å². The summed E-state index contributed by atoms with van der Waals surface area (Å²) in [4.78, 5) is 29.1. The Morgan fingerprint density at radius 2 is 1.86 bits per heavy atom. The molecule has 29 heavy (non-hydrogen) atoms. The summed E-state index contributed by atoms with van der Waals surface area (Å²) in [5, 5.41) is 3.01. The van der Waals surface area contributed by atoms with Crippen LogP contribution in [0.3, 0.4) is 0 Å². The van der Waals surface area contributed by atoms with Crippen molar-refractivity contribution in [3.63, 3.8) is 0 Å². The van der Waals surface area contributed by atoms with E-state index in [1.807, 2.05) is 37.1 Å². The van der Waals surface area contributed by atoms with E-state index in [4.69, 9.17) is 4.74 Å². The standard InChI is InChI=1S/C23H35N3O3/c1-3-29-17-22(27)24-14-21-12-11-20(26(21)16-19-9-10-19)13-23(28)25(2)15-18-7-5-4-6-8-18/h4-8,19-21H,3,9-17H2,1-2H3,(H,24,27)/t20-,21+/m1/s1. The predicted octanol–water partition coefficient (Wildman–Crippen LogP) is 2.43. The number of hydrogen-bond donors (Lipinski definition) is 1. The van der Waals surface area contributed by atoms with E-state index in [0.29, 0.717) is 32.2 Å². The highest BCUT2D eigenvalue weighted by Crippen LogP contribution is 2.35. The van der Waals surface area contributed by atoms with E-state index < -0.39 is 0 Å². The Hall–Kier alpha value is -1.92. The molecule has 6 nitrogen and oxygen atoms in total. The van der Waals surface area contributed by atoms with Gasteiger partial charge in [0.1, 0.15) is 6.61 Å². The van der Waals surface area contributed by atoms with E-state index in [9.17, 15) is 9.59 Å². The van der Waals surface area contributed by atoms with E-state index in [-0.39, 0.29) is 24.5 Å². The molecule has 2 atom stereocenters. The average Bonchev–Trinajstić information content (AvgIpc) is 3.47. The number of ether oxygens (including phenoxy) is 1. The number of benzene rings is 1. The van der Waals surface area contributed by atoms with Gasteiger partial charge in [-0.05, 0) is 44.1 Å². The summed E-state index contributed by atoms with van der Waals surface area (Å²) < 4.78 is 5.18.